The molecule has 0 bridgehead atoms. The highest BCUT2D eigenvalue weighted by molar-refractivity contribution is 5.92. The molecule has 0 radical (unpaired) electrons. The molecule has 120 valence electrons. The number of para-hydroxylation sites is 1. The molecule has 24 heavy (non-hydrogen) atoms. The summed E-state index contributed by atoms with van der Waals surface area (Å²) in [6.45, 7) is 0. The molecule has 0 aliphatic carbocycles. The Morgan fingerprint density at radius 3 is 2.04 bits per heavy atom. The van der Waals surface area contributed by atoms with Crippen molar-refractivity contribution in [2.45, 2.75) is 6.42 Å². The van der Waals surface area contributed by atoms with Crippen LogP contribution in [-0.4, -0.2) is 5.91 Å². The van der Waals surface area contributed by atoms with Gasteiger partial charge in [0.05, 0.1) is 6.42 Å². The number of halogens is 1. The SMILES string of the molecule is O=C(Cc1ccccc1F)Nc1ccc(Nc2ccccc2)cc1. The van der Waals surface area contributed by atoms with Crippen LogP contribution < -0.4 is 10.6 Å². The van der Waals surface area contributed by atoms with Gasteiger partial charge in [-0.2, -0.15) is 0 Å². The molecule has 3 rings (SSSR count). The van der Waals surface area contributed by atoms with Gasteiger partial charge in [0.25, 0.3) is 0 Å². The standard InChI is InChI=1S/C20H17FN2O/c21-19-9-5-4-6-15(19)14-20(24)23-18-12-10-17(11-13-18)22-16-7-2-1-3-8-16/h1-13,22H,14H2,(H,23,24). The van der Waals surface area contributed by atoms with E-state index in [0.29, 0.717) is 11.3 Å². The minimum absolute atomic E-state index is 0.0106. The summed E-state index contributed by atoms with van der Waals surface area (Å²) in [4.78, 5) is 12.0. The summed E-state index contributed by atoms with van der Waals surface area (Å²) >= 11 is 0. The van der Waals surface area contributed by atoms with Gasteiger partial charge in [0.2, 0.25) is 5.91 Å². The van der Waals surface area contributed by atoms with Crippen LogP contribution in [0, 0.1) is 5.82 Å². The van der Waals surface area contributed by atoms with Crippen LogP contribution in [0.2, 0.25) is 0 Å². The van der Waals surface area contributed by atoms with E-state index in [0.717, 1.165) is 11.4 Å². The van der Waals surface area contributed by atoms with E-state index in [1.807, 2.05) is 54.6 Å². The summed E-state index contributed by atoms with van der Waals surface area (Å²) in [5, 5.41) is 6.04. The Hall–Kier alpha value is -3.14. The Kier molecular flexibility index (Phi) is 4.87. The van der Waals surface area contributed by atoms with Crippen LogP contribution in [0.3, 0.4) is 0 Å². The number of benzene rings is 3. The summed E-state index contributed by atoms with van der Waals surface area (Å²) in [7, 11) is 0. The normalized spacial score (nSPS) is 10.2. The second kappa shape index (κ2) is 7.42. The number of carbonyl (C=O) groups is 1. The molecule has 1 amide bonds. The zero-order valence-electron chi connectivity index (χ0n) is 13.0. The second-order valence-corrected chi connectivity index (χ2v) is 5.38. The van der Waals surface area contributed by atoms with Gasteiger partial charge in [0.15, 0.2) is 0 Å². The van der Waals surface area contributed by atoms with Crippen LogP contribution in [0.1, 0.15) is 5.56 Å². The molecule has 0 aliphatic heterocycles. The van der Waals surface area contributed by atoms with Crippen molar-refractivity contribution >= 4 is 23.0 Å². The molecule has 2 N–H and O–H groups in total. The third kappa shape index (κ3) is 4.20. The first kappa shape index (κ1) is 15.7. The fourth-order valence-electron chi connectivity index (χ4n) is 2.34. The van der Waals surface area contributed by atoms with E-state index in [4.69, 9.17) is 0 Å². The molecular weight excluding hydrogens is 303 g/mol. The Morgan fingerprint density at radius 1 is 0.750 bits per heavy atom. The lowest BCUT2D eigenvalue weighted by molar-refractivity contribution is -0.115. The lowest BCUT2D eigenvalue weighted by atomic mass is 10.1. The van der Waals surface area contributed by atoms with Gasteiger partial charge in [-0.15, -0.1) is 0 Å². The molecule has 0 spiro atoms. The molecule has 0 atom stereocenters. The van der Waals surface area contributed by atoms with Gasteiger partial charge in [0.1, 0.15) is 5.82 Å². The number of carbonyl (C=O) groups excluding carboxylic acids is 1. The van der Waals surface area contributed by atoms with E-state index in [9.17, 15) is 9.18 Å². The molecule has 3 aromatic carbocycles. The molecule has 0 saturated carbocycles. The third-order valence-electron chi connectivity index (χ3n) is 3.54. The lowest BCUT2D eigenvalue weighted by Crippen LogP contribution is -2.15. The first-order chi connectivity index (χ1) is 11.7. The molecule has 0 aromatic heterocycles. The van der Waals surface area contributed by atoms with E-state index in [2.05, 4.69) is 10.6 Å². The van der Waals surface area contributed by atoms with E-state index >= 15 is 0 Å². The van der Waals surface area contributed by atoms with Crippen LogP contribution in [0.15, 0.2) is 78.9 Å². The van der Waals surface area contributed by atoms with Crippen molar-refractivity contribution in [1.29, 1.82) is 0 Å². The highest BCUT2D eigenvalue weighted by atomic mass is 19.1. The third-order valence-corrected chi connectivity index (χ3v) is 3.54. The quantitative estimate of drug-likeness (QED) is 0.712. The predicted octanol–water partition coefficient (Wildman–Crippen LogP) is 4.75. The summed E-state index contributed by atoms with van der Waals surface area (Å²) < 4.78 is 13.6. The molecule has 3 aromatic rings. The van der Waals surface area contributed by atoms with E-state index in [1.165, 1.54) is 6.07 Å². The highest BCUT2D eigenvalue weighted by Gasteiger charge is 2.08. The maximum Gasteiger partial charge on any atom is 0.228 e. The Morgan fingerprint density at radius 2 is 1.33 bits per heavy atom. The molecule has 0 saturated heterocycles. The number of hydrogen-bond donors (Lipinski definition) is 2. The van der Waals surface area contributed by atoms with Crippen molar-refractivity contribution in [2.75, 3.05) is 10.6 Å². The molecule has 0 heterocycles. The zero-order valence-corrected chi connectivity index (χ0v) is 13.0. The average Bonchev–Trinajstić information content (AvgIpc) is 2.60. The second-order valence-electron chi connectivity index (χ2n) is 5.38. The number of hydrogen-bond acceptors (Lipinski definition) is 2. The fraction of sp³-hybridized carbons (Fsp3) is 0.0500. The van der Waals surface area contributed by atoms with Crippen LogP contribution in [0.5, 0.6) is 0 Å². The minimum atomic E-state index is -0.366. The molecule has 0 unspecified atom stereocenters. The maximum absolute atomic E-state index is 13.6. The fourth-order valence-corrected chi connectivity index (χ4v) is 2.34. The van der Waals surface area contributed by atoms with Gasteiger partial charge in [-0.25, -0.2) is 4.39 Å². The highest BCUT2D eigenvalue weighted by Crippen LogP contribution is 2.19. The van der Waals surface area contributed by atoms with Gasteiger partial charge < -0.3 is 10.6 Å². The predicted molar refractivity (Wildman–Crippen MR) is 94.9 cm³/mol. The van der Waals surface area contributed by atoms with E-state index in [1.54, 1.807) is 18.2 Å². The van der Waals surface area contributed by atoms with Gasteiger partial charge >= 0.3 is 0 Å². The molecule has 3 nitrogen and oxygen atoms in total. The van der Waals surface area contributed by atoms with E-state index in [-0.39, 0.29) is 18.1 Å². The Bertz CT molecular complexity index is 817. The Labute approximate surface area is 140 Å². The van der Waals surface area contributed by atoms with Crippen LogP contribution >= 0.6 is 0 Å². The monoisotopic (exact) mass is 320 g/mol. The first-order valence-electron chi connectivity index (χ1n) is 7.66. The summed E-state index contributed by atoms with van der Waals surface area (Å²) in [5.74, 6) is -0.612. The largest absolute Gasteiger partial charge is 0.356 e. The summed E-state index contributed by atoms with van der Waals surface area (Å²) in [6.07, 6.45) is 0.0106. The average molecular weight is 320 g/mol. The van der Waals surface area contributed by atoms with Crippen molar-refractivity contribution in [3.8, 4) is 0 Å². The molecular formula is C20H17FN2O. The molecule has 4 heteroatoms. The Balaban J connectivity index is 1.60. The molecule has 0 fully saturated rings. The van der Waals surface area contributed by atoms with Crippen molar-refractivity contribution < 1.29 is 9.18 Å². The minimum Gasteiger partial charge on any atom is -0.356 e. The van der Waals surface area contributed by atoms with Gasteiger partial charge in [-0.05, 0) is 48.0 Å². The number of nitrogens with one attached hydrogen (secondary N) is 2. The zero-order chi connectivity index (χ0) is 16.8. The van der Waals surface area contributed by atoms with Gasteiger partial charge in [-0.1, -0.05) is 36.4 Å². The van der Waals surface area contributed by atoms with Crippen molar-refractivity contribution in [3.05, 3.63) is 90.2 Å². The van der Waals surface area contributed by atoms with Crippen LogP contribution in [0.4, 0.5) is 21.5 Å². The molecule has 0 aliphatic rings. The van der Waals surface area contributed by atoms with E-state index < -0.39 is 0 Å². The number of amides is 1. The van der Waals surface area contributed by atoms with Crippen molar-refractivity contribution in [2.24, 2.45) is 0 Å². The van der Waals surface area contributed by atoms with Crippen LogP contribution in [0.25, 0.3) is 0 Å². The first-order valence-corrected chi connectivity index (χ1v) is 7.66. The van der Waals surface area contributed by atoms with Gasteiger partial charge in [0, 0.05) is 17.1 Å². The topological polar surface area (TPSA) is 41.1 Å². The smallest absolute Gasteiger partial charge is 0.228 e. The summed E-state index contributed by atoms with van der Waals surface area (Å²) in [6, 6.07) is 23.5. The van der Waals surface area contributed by atoms with Crippen LogP contribution in [-0.2, 0) is 11.2 Å². The number of anilines is 3. The van der Waals surface area contributed by atoms with Gasteiger partial charge in [-0.3, -0.25) is 4.79 Å². The summed E-state index contributed by atoms with van der Waals surface area (Å²) in [5.41, 5.74) is 2.98. The number of rotatable bonds is 5. The van der Waals surface area contributed by atoms with Crippen molar-refractivity contribution in [3.63, 3.8) is 0 Å². The maximum atomic E-state index is 13.6. The van der Waals surface area contributed by atoms with Crippen molar-refractivity contribution in [1.82, 2.24) is 0 Å². The lowest BCUT2D eigenvalue weighted by Gasteiger charge is -2.09.